The van der Waals surface area contributed by atoms with Gasteiger partial charge < -0.3 is 7.75 Å². The van der Waals surface area contributed by atoms with E-state index in [1.54, 1.807) is 19.0 Å². The van der Waals surface area contributed by atoms with E-state index >= 15 is 0 Å². The fraction of sp³-hybridized carbons (Fsp3) is 0.188. The molecule has 0 bridgehead atoms. The van der Waals surface area contributed by atoms with Crippen molar-refractivity contribution >= 4 is 5.91 Å². The third-order valence-electron chi connectivity index (χ3n) is 2.95. The van der Waals surface area contributed by atoms with Gasteiger partial charge in [0.2, 0.25) is 5.91 Å². The molecule has 0 fully saturated rings. The monoisotopic (exact) mass is 255 g/mol. The molecule has 0 saturated heterocycles. The Bertz CT molecular complexity index is 485. The van der Waals surface area contributed by atoms with E-state index in [4.69, 9.17) is 0 Å². The van der Waals surface area contributed by atoms with Crippen LogP contribution >= 0.6 is 0 Å². The smallest absolute Gasteiger partial charge is 1.00 e. The number of hydrogen-bond acceptors (Lipinski definition) is 1. The molecule has 0 atom stereocenters. The van der Waals surface area contributed by atoms with Gasteiger partial charge in [-0.15, -0.1) is 0 Å². The van der Waals surface area contributed by atoms with Crippen molar-refractivity contribution in [3.05, 3.63) is 71.8 Å². The molecule has 0 aromatic heterocycles. The largest absolute Gasteiger partial charge is 1.00 e. The fourth-order valence-corrected chi connectivity index (χ4v) is 2.03. The van der Waals surface area contributed by atoms with Crippen LogP contribution in [0.1, 0.15) is 19.9 Å². The average Bonchev–Trinajstić information content (AvgIpc) is 2.41. The van der Waals surface area contributed by atoms with Crippen LogP contribution in [-0.2, 0) is 4.79 Å². The number of carbonyl (C=O) groups is 1. The van der Waals surface area contributed by atoms with Gasteiger partial charge in [0.1, 0.15) is 0 Å². The zero-order valence-corrected chi connectivity index (χ0v) is 12.7. The molecule has 4 heteroatoms. The summed E-state index contributed by atoms with van der Waals surface area (Å²) in [6.45, 7) is 0. The van der Waals surface area contributed by atoms with Gasteiger partial charge >= 0.3 is 37.7 Å². The summed E-state index contributed by atoms with van der Waals surface area (Å²) in [4.78, 5) is 14.0. The van der Waals surface area contributed by atoms with Crippen molar-refractivity contribution < 1.29 is 45.4 Å². The van der Waals surface area contributed by atoms with Gasteiger partial charge in [0.15, 0.2) is 0 Å². The fourth-order valence-electron chi connectivity index (χ4n) is 2.03. The number of nitrogens with zero attached hydrogens (tertiary/aromatic N) is 1. The van der Waals surface area contributed by atoms with Crippen molar-refractivity contribution in [2.24, 2.45) is 0 Å². The first-order chi connectivity index (χ1) is 8.70. The first kappa shape index (κ1) is 19.1. The minimum atomic E-state index is -0.220. The minimum Gasteiger partial charge on any atom is -1.00 e. The Morgan fingerprint density at radius 1 is 0.850 bits per heavy atom. The second-order valence-electron chi connectivity index (χ2n) is 4.49. The maximum atomic E-state index is 12.4. The van der Waals surface area contributed by atoms with Crippen LogP contribution < -0.4 is 37.7 Å². The van der Waals surface area contributed by atoms with Gasteiger partial charge in [-0.1, -0.05) is 60.7 Å². The van der Waals surface area contributed by atoms with Gasteiger partial charge in [0.25, 0.3) is 0 Å². The van der Waals surface area contributed by atoms with Gasteiger partial charge in [-0.25, -0.2) is 0 Å². The molecule has 2 aromatic rings. The molecular formula is C16H19Li2NO. The predicted octanol–water partition coefficient (Wildman–Crippen LogP) is -2.86. The van der Waals surface area contributed by atoms with Gasteiger partial charge in [0.05, 0.1) is 5.92 Å². The van der Waals surface area contributed by atoms with Crippen molar-refractivity contribution in [3.8, 4) is 0 Å². The second-order valence-corrected chi connectivity index (χ2v) is 4.49. The van der Waals surface area contributed by atoms with E-state index < -0.39 is 0 Å². The number of benzene rings is 2. The second kappa shape index (κ2) is 9.12. The van der Waals surface area contributed by atoms with Crippen LogP contribution in [0.3, 0.4) is 0 Å². The van der Waals surface area contributed by atoms with E-state index in [0.29, 0.717) is 0 Å². The van der Waals surface area contributed by atoms with Crippen LogP contribution in [0, 0.1) is 0 Å². The summed E-state index contributed by atoms with van der Waals surface area (Å²) in [5, 5.41) is 0. The topological polar surface area (TPSA) is 20.3 Å². The molecule has 20 heavy (non-hydrogen) atoms. The van der Waals surface area contributed by atoms with Crippen molar-refractivity contribution in [3.63, 3.8) is 0 Å². The molecule has 0 aliphatic rings. The van der Waals surface area contributed by atoms with Crippen LogP contribution in [0.4, 0.5) is 0 Å². The van der Waals surface area contributed by atoms with Gasteiger partial charge in [-0.2, -0.15) is 0 Å². The SMILES string of the molecule is CN(C)C(=O)C(c1ccccc1)c1ccccc1.[H-].[H-].[Li+].[Li+]. The van der Waals surface area contributed by atoms with E-state index in [-0.39, 0.29) is 52.4 Å². The third-order valence-corrected chi connectivity index (χ3v) is 2.95. The summed E-state index contributed by atoms with van der Waals surface area (Å²) in [5.41, 5.74) is 2.06. The number of amides is 1. The molecule has 0 aliphatic carbocycles. The van der Waals surface area contributed by atoms with Crippen molar-refractivity contribution in [2.75, 3.05) is 14.1 Å². The number of carbonyl (C=O) groups excluding carboxylic acids is 1. The summed E-state index contributed by atoms with van der Waals surface area (Å²) in [5.74, 6) is -0.116. The molecule has 2 nitrogen and oxygen atoms in total. The first-order valence-corrected chi connectivity index (χ1v) is 6.01. The number of rotatable bonds is 3. The summed E-state index contributed by atoms with van der Waals surface area (Å²) >= 11 is 0. The van der Waals surface area contributed by atoms with Crippen molar-refractivity contribution in [1.82, 2.24) is 4.90 Å². The Kier molecular flexibility index (Phi) is 8.71. The summed E-state index contributed by atoms with van der Waals surface area (Å²) in [6, 6.07) is 19.8. The maximum Gasteiger partial charge on any atom is 1.00 e. The van der Waals surface area contributed by atoms with E-state index in [1.165, 1.54) is 0 Å². The molecule has 0 spiro atoms. The first-order valence-electron chi connectivity index (χ1n) is 6.01. The van der Waals surface area contributed by atoms with Crippen molar-refractivity contribution in [2.45, 2.75) is 5.92 Å². The van der Waals surface area contributed by atoms with E-state index in [2.05, 4.69) is 0 Å². The third kappa shape index (κ3) is 4.59. The Morgan fingerprint density at radius 2 is 1.20 bits per heavy atom. The number of hydrogen-bond donors (Lipinski definition) is 0. The van der Waals surface area contributed by atoms with Crippen LogP contribution in [0.2, 0.25) is 0 Å². The molecular weight excluding hydrogens is 236 g/mol. The van der Waals surface area contributed by atoms with Crippen LogP contribution in [0.5, 0.6) is 0 Å². The van der Waals surface area contributed by atoms with E-state index in [1.807, 2.05) is 60.7 Å². The summed E-state index contributed by atoms with van der Waals surface area (Å²) < 4.78 is 0. The Hall–Kier alpha value is -0.895. The molecule has 0 radical (unpaired) electrons. The Morgan fingerprint density at radius 3 is 1.50 bits per heavy atom. The number of likely N-dealkylation sites (N-methyl/N-ethyl adjacent to an activating group) is 1. The zero-order valence-electron chi connectivity index (χ0n) is 14.7. The molecule has 0 saturated carbocycles. The molecule has 0 aliphatic heterocycles. The maximum absolute atomic E-state index is 12.4. The minimum absolute atomic E-state index is 0. The zero-order chi connectivity index (χ0) is 13.0. The van der Waals surface area contributed by atoms with Crippen molar-refractivity contribution in [1.29, 1.82) is 0 Å². The molecule has 1 amide bonds. The standard InChI is InChI=1S/C16H17NO.2Li.2H/c1-17(2)16(18)15(13-9-5-3-6-10-13)14-11-7-4-8-12-14;;;;/h3-12,15H,1-2H3;;;;/q;2*+1;2*-1. The van der Waals surface area contributed by atoms with Crippen LogP contribution in [-0.4, -0.2) is 24.9 Å². The van der Waals surface area contributed by atoms with Gasteiger partial charge in [-0.05, 0) is 11.1 Å². The average molecular weight is 255 g/mol. The van der Waals surface area contributed by atoms with E-state index in [9.17, 15) is 4.79 Å². The van der Waals surface area contributed by atoms with Gasteiger partial charge in [0, 0.05) is 14.1 Å². The normalized spacial score (nSPS) is 9.35. The van der Waals surface area contributed by atoms with Crippen LogP contribution in [0.15, 0.2) is 60.7 Å². The quantitative estimate of drug-likeness (QED) is 0.540. The molecule has 0 N–H and O–H groups in total. The predicted molar refractivity (Wildman–Crippen MR) is 75.6 cm³/mol. The molecule has 0 heterocycles. The molecule has 2 aromatic carbocycles. The Balaban J connectivity index is -0.000000902. The molecule has 96 valence electrons. The summed E-state index contributed by atoms with van der Waals surface area (Å²) in [7, 11) is 3.59. The van der Waals surface area contributed by atoms with Gasteiger partial charge in [-0.3, -0.25) is 4.79 Å². The molecule has 0 unspecified atom stereocenters. The molecule has 2 rings (SSSR count). The summed E-state index contributed by atoms with van der Waals surface area (Å²) in [6.07, 6.45) is 0. The Labute approximate surface area is 147 Å². The van der Waals surface area contributed by atoms with Crippen LogP contribution in [0.25, 0.3) is 0 Å². The van der Waals surface area contributed by atoms with E-state index in [0.717, 1.165) is 11.1 Å².